The number of carbonyl (C=O) groups excluding carboxylic acids is 1. The second kappa shape index (κ2) is 6.07. The molecule has 0 N–H and O–H groups in total. The highest BCUT2D eigenvalue weighted by atomic mass is 32.1. The third-order valence-electron chi connectivity index (χ3n) is 3.17. The number of amides is 1. The van der Waals surface area contributed by atoms with Crippen LogP contribution in [0.1, 0.15) is 20.2 Å². The van der Waals surface area contributed by atoms with Gasteiger partial charge in [-0.25, -0.2) is 15.0 Å². The fraction of sp³-hybridized carbons (Fsp3) is 0.200. The first kappa shape index (κ1) is 14.4. The molecule has 0 saturated heterocycles. The average molecular weight is 313 g/mol. The summed E-state index contributed by atoms with van der Waals surface area (Å²) < 4.78 is 1.77. The lowest BCUT2D eigenvalue weighted by Gasteiger charge is -2.16. The Balaban J connectivity index is 1.78. The number of nitrogens with zero attached hydrogens (tertiary/aromatic N) is 5. The maximum absolute atomic E-state index is 12.5. The molecule has 3 aromatic rings. The first-order valence-electron chi connectivity index (χ1n) is 6.74. The lowest BCUT2D eigenvalue weighted by molar-refractivity contribution is 0.0786. The fourth-order valence-electron chi connectivity index (χ4n) is 2.09. The molecule has 0 atom stereocenters. The van der Waals surface area contributed by atoms with Gasteiger partial charge in [-0.15, -0.1) is 11.3 Å². The van der Waals surface area contributed by atoms with Crippen molar-refractivity contribution in [2.45, 2.75) is 13.5 Å². The lowest BCUT2D eigenvalue weighted by atomic mass is 10.2. The van der Waals surface area contributed by atoms with Gasteiger partial charge < -0.3 is 4.90 Å². The molecule has 0 saturated carbocycles. The Kier molecular flexibility index (Phi) is 3.97. The first-order valence-corrected chi connectivity index (χ1v) is 7.56. The van der Waals surface area contributed by atoms with Crippen LogP contribution in [0.4, 0.5) is 0 Å². The maximum Gasteiger partial charge on any atom is 0.254 e. The topological polar surface area (TPSA) is 63.9 Å². The zero-order chi connectivity index (χ0) is 15.5. The number of aromatic nitrogens is 4. The van der Waals surface area contributed by atoms with E-state index in [4.69, 9.17) is 0 Å². The molecule has 0 bridgehead atoms. The van der Waals surface area contributed by atoms with Crippen LogP contribution in [0.15, 0.2) is 43.2 Å². The Bertz CT molecular complexity index is 781. The number of hydrogen-bond donors (Lipinski definition) is 0. The van der Waals surface area contributed by atoms with Gasteiger partial charge in [-0.2, -0.15) is 0 Å². The second-order valence-electron chi connectivity index (χ2n) is 4.88. The molecular formula is C15H15N5OS. The van der Waals surface area contributed by atoms with Crippen molar-refractivity contribution in [2.75, 3.05) is 7.05 Å². The van der Waals surface area contributed by atoms with Crippen LogP contribution in [0.3, 0.4) is 0 Å². The molecule has 112 valence electrons. The van der Waals surface area contributed by atoms with Crippen molar-refractivity contribution in [3.63, 3.8) is 0 Å². The van der Waals surface area contributed by atoms with E-state index in [1.54, 1.807) is 64.9 Å². The normalized spacial score (nSPS) is 10.6. The number of carbonyl (C=O) groups is 1. The SMILES string of the molecule is Cc1ncc(CN(C)C(=O)c2ccnc(-n3ccnc3)c2)s1. The van der Waals surface area contributed by atoms with Crippen LogP contribution in [0, 0.1) is 6.92 Å². The summed E-state index contributed by atoms with van der Waals surface area (Å²) in [6, 6.07) is 3.48. The summed E-state index contributed by atoms with van der Waals surface area (Å²) >= 11 is 1.60. The lowest BCUT2D eigenvalue weighted by Crippen LogP contribution is -2.26. The molecule has 0 aliphatic heterocycles. The van der Waals surface area contributed by atoms with Crippen molar-refractivity contribution < 1.29 is 4.79 Å². The molecule has 0 aromatic carbocycles. The van der Waals surface area contributed by atoms with Gasteiger partial charge in [0.1, 0.15) is 12.1 Å². The third kappa shape index (κ3) is 3.04. The molecule has 3 heterocycles. The van der Waals surface area contributed by atoms with Crippen LogP contribution in [0.5, 0.6) is 0 Å². The summed E-state index contributed by atoms with van der Waals surface area (Å²) in [5.74, 6) is 0.625. The first-order chi connectivity index (χ1) is 10.6. The molecule has 0 aliphatic rings. The quantitative estimate of drug-likeness (QED) is 0.741. The Morgan fingerprint density at radius 1 is 1.36 bits per heavy atom. The van der Waals surface area contributed by atoms with Gasteiger partial charge in [0.05, 0.1) is 11.6 Å². The van der Waals surface area contributed by atoms with Gasteiger partial charge in [0.2, 0.25) is 0 Å². The number of hydrogen-bond acceptors (Lipinski definition) is 5. The van der Waals surface area contributed by atoms with E-state index in [9.17, 15) is 4.79 Å². The number of aryl methyl sites for hydroxylation is 1. The van der Waals surface area contributed by atoms with Crippen molar-refractivity contribution in [1.29, 1.82) is 0 Å². The smallest absolute Gasteiger partial charge is 0.254 e. The number of rotatable bonds is 4. The number of thiazole rings is 1. The molecule has 1 amide bonds. The monoisotopic (exact) mass is 313 g/mol. The molecule has 3 aromatic heterocycles. The van der Waals surface area contributed by atoms with Crippen LogP contribution in [0.2, 0.25) is 0 Å². The van der Waals surface area contributed by atoms with Crippen molar-refractivity contribution in [2.24, 2.45) is 0 Å². The van der Waals surface area contributed by atoms with E-state index in [1.165, 1.54) is 0 Å². The zero-order valence-electron chi connectivity index (χ0n) is 12.3. The minimum atomic E-state index is -0.0465. The number of imidazole rings is 1. The highest BCUT2D eigenvalue weighted by molar-refractivity contribution is 7.11. The summed E-state index contributed by atoms with van der Waals surface area (Å²) in [6.45, 7) is 2.50. The Morgan fingerprint density at radius 3 is 2.91 bits per heavy atom. The minimum absolute atomic E-state index is 0.0465. The van der Waals surface area contributed by atoms with Crippen LogP contribution in [-0.2, 0) is 6.54 Å². The molecule has 0 unspecified atom stereocenters. The van der Waals surface area contributed by atoms with E-state index in [2.05, 4.69) is 15.0 Å². The summed E-state index contributed by atoms with van der Waals surface area (Å²) in [4.78, 5) is 27.7. The van der Waals surface area contributed by atoms with Crippen LogP contribution in [0.25, 0.3) is 5.82 Å². The number of pyridine rings is 1. The Labute approximate surface area is 132 Å². The van der Waals surface area contributed by atoms with Crippen molar-refractivity contribution >= 4 is 17.2 Å². The molecule has 6 nitrogen and oxygen atoms in total. The van der Waals surface area contributed by atoms with E-state index >= 15 is 0 Å². The standard InChI is InChI=1S/C15H15N5OS/c1-11-18-8-13(22-11)9-19(2)15(21)12-3-4-17-14(7-12)20-6-5-16-10-20/h3-8,10H,9H2,1-2H3. The third-order valence-corrected chi connectivity index (χ3v) is 4.07. The van der Waals surface area contributed by atoms with E-state index in [1.807, 2.05) is 13.1 Å². The van der Waals surface area contributed by atoms with Gasteiger partial charge in [0.25, 0.3) is 5.91 Å². The highest BCUT2D eigenvalue weighted by Gasteiger charge is 2.14. The van der Waals surface area contributed by atoms with Gasteiger partial charge in [0, 0.05) is 42.3 Å². The van der Waals surface area contributed by atoms with Crippen molar-refractivity contribution in [3.05, 3.63) is 58.7 Å². The van der Waals surface area contributed by atoms with E-state index in [0.717, 1.165) is 9.88 Å². The van der Waals surface area contributed by atoms with E-state index in [0.29, 0.717) is 17.9 Å². The van der Waals surface area contributed by atoms with Crippen LogP contribution >= 0.6 is 11.3 Å². The molecular weight excluding hydrogens is 298 g/mol. The van der Waals surface area contributed by atoms with Gasteiger partial charge in [-0.3, -0.25) is 9.36 Å². The van der Waals surface area contributed by atoms with Gasteiger partial charge in [-0.1, -0.05) is 0 Å². The zero-order valence-corrected chi connectivity index (χ0v) is 13.1. The predicted molar refractivity (Wildman–Crippen MR) is 84.0 cm³/mol. The summed E-state index contributed by atoms with van der Waals surface area (Å²) in [5, 5.41) is 1.00. The largest absolute Gasteiger partial charge is 0.337 e. The fourth-order valence-corrected chi connectivity index (χ4v) is 2.94. The van der Waals surface area contributed by atoms with Crippen LogP contribution < -0.4 is 0 Å². The van der Waals surface area contributed by atoms with E-state index < -0.39 is 0 Å². The van der Waals surface area contributed by atoms with Crippen LogP contribution in [-0.4, -0.2) is 37.4 Å². The van der Waals surface area contributed by atoms with Crippen molar-refractivity contribution in [1.82, 2.24) is 24.4 Å². The predicted octanol–water partition coefficient (Wildman–Crippen LogP) is 2.30. The maximum atomic E-state index is 12.5. The highest BCUT2D eigenvalue weighted by Crippen LogP contribution is 2.15. The molecule has 3 rings (SSSR count). The van der Waals surface area contributed by atoms with Gasteiger partial charge in [-0.05, 0) is 19.1 Å². The minimum Gasteiger partial charge on any atom is -0.337 e. The molecule has 0 fully saturated rings. The Morgan fingerprint density at radius 2 is 2.23 bits per heavy atom. The Hall–Kier alpha value is -2.54. The summed E-state index contributed by atoms with van der Waals surface area (Å²) in [5.41, 5.74) is 0.599. The van der Waals surface area contributed by atoms with Crippen molar-refractivity contribution in [3.8, 4) is 5.82 Å². The molecule has 22 heavy (non-hydrogen) atoms. The summed E-state index contributed by atoms with van der Waals surface area (Å²) in [6.07, 6.45) is 8.57. The molecule has 0 spiro atoms. The van der Waals surface area contributed by atoms with E-state index in [-0.39, 0.29) is 5.91 Å². The average Bonchev–Trinajstić information content (AvgIpc) is 3.18. The van der Waals surface area contributed by atoms with Gasteiger partial charge >= 0.3 is 0 Å². The summed E-state index contributed by atoms with van der Waals surface area (Å²) in [7, 11) is 1.79. The molecule has 7 heteroatoms. The molecule has 0 aliphatic carbocycles. The second-order valence-corrected chi connectivity index (χ2v) is 6.20. The molecule has 0 radical (unpaired) electrons. The van der Waals surface area contributed by atoms with Gasteiger partial charge in [0.15, 0.2) is 0 Å².